The molecule has 1 rings (SSSR count). The van der Waals surface area contributed by atoms with Gasteiger partial charge in [0.15, 0.2) is 0 Å². The summed E-state index contributed by atoms with van der Waals surface area (Å²) in [6, 6.07) is 0. The molecule has 6 heteroatoms. The number of nitrogens with zero attached hydrogens (tertiary/aromatic N) is 1. The van der Waals surface area contributed by atoms with Crippen LogP contribution in [0.15, 0.2) is 11.8 Å². The first-order valence-electron chi connectivity index (χ1n) is 9.05. The first kappa shape index (κ1) is 20.9. The van der Waals surface area contributed by atoms with Crippen LogP contribution in [0.2, 0.25) is 0 Å². The lowest BCUT2D eigenvalue weighted by Gasteiger charge is -2.23. The minimum absolute atomic E-state index is 0.129. The highest BCUT2D eigenvalue weighted by Crippen LogP contribution is 2.28. The Morgan fingerprint density at radius 3 is 2.58 bits per heavy atom. The van der Waals surface area contributed by atoms with Crippen molar-refractivity contribution in [2.75, 3.05) is 12.3 Å². The summed E-state index contributed by atoms with van der Waals surface area (Å²) in [7, 11) is 0. The second-order valence-corrected chi connectivity index (χ2v) is 7.47. The molecule has 1 unspecified atom stereocenters. The molecule has 1 saturated heterocycles. The molecular weight excluding hydrogens is 326 g/mol. The van der Waals surface area contributed by atoms with Gasteiger partial charge in [0.25, 0.3) is 0 Å². The molecule has 0 aromatic rings. The SMILES string of the molecule is CCCCCC(O)=CCC1SCC(=O)N1CCCCCCC(=O)O. The van der Waals surface area contributed by atoms with Crippen LogP contribution < -0.4 is 0 Å². The van der Waals surface area contributed by atoms with Crippen molar-refractivity contribution < 1.29 is 19.8 Å². The molecule has 1 heterocycles. The molecule has 1 aliphatic heterocycles. The third-order valence-corrected chi connectivity index (χ3v) is 5.44. The fourth-order valence-electron chi connectivity index (χ4n) is 2.77. The van der Waals surface area contributed by atoms with Gasteiger partial charge in [0.1, 0.15) is 0 Å². The molecule has 1 aliphatic rings. The topological polar surface area (TPSA) is 77.8 Å². The molecular formula is C18H31NO4S. The number of rotatable bonds is 13. The van der Waals surface area contributed by atoms with Gasteiger partial charge in [-0.1, -0.05) is 32.6 Å². The number of thioether (sulfide) groups is 1. The number of amides is 1. The van der Waals surface area contributed by atoms with Gasteiger partial charge in [-0.3, -0.25) is 9.59 Å². The molecule has 0 aromatic carbocycles. The van der Waals surface area contributed by atoms with Gasteiger partial charge in [-0.05, 0) is 31.8 Å². The summed E-state index contributed by atoms with van der Waals surface area (Å²) in [4.78, 5) is 24.4. The highest BCUT2D eigenvalue weighted by atomic mass is 32.2. The normalized spacial score (nSPS) is 18.4. The fraction of sp³-hybridized carbons (Fsp3) is 0.778. The summed E-state index contributed by atoms with van der Waals surface area (Å²) in [6.07, 6.45) is 10.3. The van der Waals surface area contributed by atoms with Crippen molar-refractivity contribution in [2.45, 2.75) is 76.5 Å². The van der Waals surface area contributed by atoms with Gasteiger partial charge in [-0.15, -0.1) is 11.8 Å². The van der Waals surface area contributed by atoms with E-state index in [1.54, 1.807) is 11.8 Å². The Labute approximate surface area is 149 Å². The molecule has 5 nitrogen and oxygen atoms in total. The van der Waals surface area contributed by atoms with Crippen molar-refractivity contribution in [1.29, 1.82) is 0 Å². The molecule has 0 spiro atoms. The zero-order chi connectivity index (χ0) is 17.8. The van der Waals surface area contributed by atoms with E-state index in [-0.39, 0.29) is 17.7 Å². The highest BCUT2D eigenvalue weighted by molar-refractivity contribution is 8.01. The fourth-order valence-corrected chi connectivity index (χ4v) is 3.91. The van der Waals surface area contributed by atoms with Crippen molar-refractivity contribution in [3.63, 3.8) is 0 Å². The van der Waals surface area contributed by atoms with Gasteiger partial charge in [-0.2, -0.15) is 0 Å². The van der Waals surface area contributed by atoms with Crippen LogP contribution in [0.25, 0.3) is 0 Å². The lowest BCUT2D eigenvalue weighted by molar-refractivity contribution is -0.137. The molecule has 0 aromatic heterocycles. The van der Waals surface area contributed by atoms with Crippen LogP contribution in [0.3, 0.4) is 0 Å². The summed E-state index contributed by atoms with van der Waals surface area (Å²) < 4.78 is 0. The van der Waals surface area contributed by atoms with Crippen LogP contribution in [0.1, 0.15) is 71.1 Å². The largest absolute Gasteiger partial charge is 0.513 e. The second kappa shape index (κ2) is 12.2. The van der Waals surface area contributed by atoms with Crippen molar-refractivity contribution in [1.82, 2.24) is 4.90 Å². The number of carboxylic acids is 1. The second-order valence-electron chi connectivity index (χ2n) is 6.30. The average molecular weight is 358 g/mol. The van der Waals surface area contributed by atoms with Gasteiger partial charge >= 0.3 is 5.97 Å². The van der Waals surface area contributed by atoms with Gasteiger partial charge < -0.3 is 15.1 Å². The van der Waals surface area contributed by atoms with Gasteiger partial charge in [-0.25, -0.2) is 0 Å². The molecule has 0 radical (unpaired) electrons. The van der Waals surface area contributed by atoms with Crippen LogP contribution in [-0.4, -0.2) is 44.7 Å². The highest BCUT2D eigenvalue weighted by Gasteiger charge is 2.30. The van der Waals surface area contributed by atoms with E-state index in [0.717, 1.165) is 51.5 Å². The molecule has 0 saturated carbocycles. The number of hydrogen-bond donors (Lipinski definition) is 2. The number of hydrogen-bond acceptors (Lipinski definition) is 4. The van der Waals surface area contributed by atoms with Gasteiger partial charge in [0, 0.05) is 19.4 Å². The van der Waals surface area contributed by atoms with Crippen LogP contribution in [-0.2, 0) is 9.59 Å². The number of aliphatic hydroxyl groups is 1. The molecule has 1 amide bonds. The first-order chi connectivity index (χ1) is 11.5. The molecule has 2 N–H and O–H groups in total. The van der Waals surface area contributed by atoms with Gasteiger partial charge in [0.2, 0.25) is 5.91 Å². The number of allylic oxidation sites excluding steroid dienone is 1. The van der Waals surface area contributed by atoms with E-state index in [9.17, 15) is 14.7 Å². The zero-order valence-electron chi connectivity index (χ0n) is 14.7. The van der Waals surface area contributed by atoms with E-state index in [4.69, 9.17) is 5.11 Å². The molecule has 24 heavy (non-hydrogen) atoms. The van der Waals surface area contributed by atoms with E-state index in [0.29, 0.717) is 24.4 Å². The van der Waals surface area contributed by atoms with Crippen LogP contribution in [0, 0.1) is 0 Å². The number of carbonyl (C=O) groups excluding carboxylic acids is 1. The lowest BCUT2D eigenvalue weighted by Crippen LogP contribution is -2.33. The maximum Gasteiger partial charge on any atom is 0.303 e. The molecule has 1 fully saturated rings. The average Bonchev–Trinajstić information content (AvgIpc) is 2.89. The summed E-state index contributed by atoms with van der Waals surface area (Å²) in [5.41, 5.74) is 0. The van der Waals surface area contributed by atoms with Crippen LogP contribution in [0.4, 0.5) is 0 Å². The zero-order valence-corrected chi connectivity index (χ0v) is 15.5. The predicted molar refractivity (Wildman–Crippen MR) is 98.2 cm³/mol. The third kappa shape index (κ3) is 8.62. The summed E-state index contributed by atoms with van der Waals surface area (Å²) >= 11 is 1.64. The van der Waals surface area contributed by atoms with Crippen molar-refractivity contribution in [3.05, 3.63) is 11.8 Å². The minimum atomic E-state index is -0.744. The Kier molecular flexibility index (Phi) is 10.6. The quantitative estimate of drug-likeness (QED) is 0.379. The number of carbonyl (C=O) groups is 2. The Balaban J connectivity index is 2.27. The third-order valence-electron chi connectivity index (χ3n) is 4.20. The molecule has 1 atom stereocenters. The summed E-state index contributed by atoms with van der Waals surface area (Å²) in [5.74, 6) is 0.395. The number of aliphatic hydroxyl groups excluding tert-OH is 1. The number of unbranched alkanes of at least 4 members (excludes halogenated alkanes) is 5. The lowest BCUT2D eigenvalue weighted by atomic mass is 10.1. The Hall–Kier alpha value is -1.17. The van der Waals surface area contributed by atoms with E-state index in [1.807, 2.05) is 11.0 Å². The predicted octanol–water partition coefficient (Wildman–Crippen LogP) is 4.34. The Bertz CT molecular complexity index is 425. The van der Waals surface area contributed by atoms with E-state index >= 15 is 0 Å². The van der Waals surface area contributed by atoms with Crippen LogP contribution >= 0.6 is 11.8 Å². The summed E-state index contributed by atoms with van der Waals surface area (Å²) in [5, 5.41) is 18.6. The number of aliphatic carboxylic acids is 1. The molecule has 0 bridgehead atoms. The van der Waals surface area contributed by atoms with E-state index in [2.05, 4.69) is 6.92 Å². The smallest absolute Gasteiger partial charge is 0.303 e. The van der Waals surface area contributed by atoms with Crippen molar-refractivity contribution >= 4 is 23.6 Å². The minimum Gasteiger partial charge on any atom is -0.513 e. The summed E-state index contributed by atoms with van der Waals surface area (Å²) in [6.45, 7) is 2.87. The van der Waals surface area contributed by atoms with Crippen molar-refractivity contribution in [2.24, 2.45) is 0 Å². The first-order valence-corrected chi connectivity index (χ1v) is 10.1. The molecule has 0 aliphatic carbocycles. The Morgan fingerprint density at radius 2 is 1.88 bits per heavy atom. The van der Waals surface area contributed by atoms with Crippen LogP contribution in [0.5, 0.6) is 0 Å². The number of carboxylic acid groups (broad SMARTS) is 1. The molecule has 138 valence electrons. The van der Waals surface area contributed by atoms with Crippen molar-refractivity contribution in [3.8, 4) is 0 Å². The monoisotopic (exact) mass is 357 g/mol. The Morgan fingerprint density at radius 1 is 1.17 bits per heavy atom. The maximum absolute atomic E-state index is 12.0. The standard InChI is InChI=1S/C18H31NO4S/c1-2-3-6-9-15(20)11-12-17-19(16(21)14-24-17)13-8-5-4-7-10-18(22)23/h11,17,20H,2-10,12-14H2,1H3,(H,22,23). The van der Waals surface area contributed by atoms with E-state index in [1.165, 1.54) is 0 Å². The van der Waals surface area contributed by atoms with Gasteiger partial charge in [0.05, 0.1) is 16.9 Å². The maximum atomic E-state index is 12.0. The van der Waals surface area contributed by atoms with E-state index < -0.39 is 5.97 Å².